The van der Waals surface area contributed by atoms with E-state index in [0.29, 0.717) is 26.1 Å². The first-order valence-electron chi connectivity index (χ1n) is 10.5. The largest absolute Gasteiger partial charge is 0.444 e. The standard InChI is InChI=1S/C20H36N2O8/c1-11(2)9-12(22-19(26)30-20(3,4)5)17(25)21-10-13-16-14(23)15(24)18(29-13)28-8-6-7-27-16/h11-16,18,23-24H,6-10H2,1-5H3,(H,21,25)(H,22,26)/t12-,13?,14?,15?,16?,18?/m0/s1. The van der Waals surface area contributed by atoms with Crippen LogP contribution in [0.2, 0.25) is 0 Å². The SMILES string of the molecule is CC(C)C[C@H](NC(=O)OC(C)(C)C)C(=O)NCC1OC2OCCCOC1C(O)C2O. The van der Waals surface area contributed by atoms with Gasteiger partial charge in [0, 0.05) is 13.2 Å². The lowest BCUT2D eigenvalue weighted by molar-refractivity contribution is -0.292. The molecule has 3 aliphatic heterocycles. The summed E-state index contributed by atoms with van der Waals surface area (Å²) in [6.45, 7) is 9.82. The molecular weight excluding hydrogens is 396 g/mol. The minimum absolute atomic E-state index is 0.0255. The highest BCUT2D eigenvalue weighted by Gasteiger charge is 2.46. The van der Waals surface area contributed by atoms with E-state index in [1.807, 2.05) is 13.8 Å². The molecule has 10 heteroatoms. The van der Waals surface area contributed by atoms with Crippen LogP contribution >= 0.6 is 0 Å². The minimum Gasteiger partial charge on any atom is -0.444 e. The maximum Gasteiger partial charge on any atom is 0.408 e. The van der Waals surface area contributed by atoms with Crippen molar-refractivity contribution in [3.63, 3.8) is 0 Å². The second-order valence-corrected chi connectivity index (χ2v) is 9.16. The van der Waals surface area contributed by atoms with E-state index < -0.39 is 54.3 Å². The van der Waals surface area contributed by atoms with Crippen LogP contribution in [0.5, 0.6) is 0 Å². The Morgan fingerprint density at radius 3 is 2.43 bits per heavy atom. The van der Waals surface area contributed by atoms with Crippen molar-refractivity contribution in [3.05, 3.63) is 0 Å². The summed E-state index contributed by atoms with van der Waals surface area (Å²) in [7, 11) is 0. The fourth-order valence-electron chi connectivity index (χ4n) is 3.37. The van der Waals surface area contributed by atoms with E-state index in [0.717, 1.165) is 0 Å². The topological polar surface area (TPSA) is 136 Å². The Morgan fingerprint density at radius 2 is 1.80 bits per heavy atom. The molecular formula is C20H36N2O8. The number of nitrogens with one attached hydrogen (secondary N) is 2. The van der Waals surface area contributed by atoms with Gasteiger partial charge in [-0.15, -0.1) is 0 Å². The zero-order valence-corrected chi connectivity index (χ0v) is 18.4. The third-order valence-electron chi connectivity index (χ3n) is 4.71. The number of ether oxygens (including phenoxy) is 4. The molecule has 0 saturated carbocycles. The molecule has 3 heterocycles. The summed E-state index contributed by atoms with van der Waals surface area (Å²) in [5, 5.41) is 25.9. The molecule has 2 bridgehead atoms. The highest BCUT2D eigenvalue weighted by atomic mass is 16.7. The van der Waals surface area contributed by atoms with Gasteiger partial charge in [0.1, 0.15) is 36.1 Å². The Kier molecular flexibility index (Phi) is 8.86. The lowest BCUT2D eigenvalue weighted by atomic mass is 9.98. The first kappa shape index (κ1) is 24.8. The Labute approximate surface area is 177 Å². The van der Waals surface area contributed by atoms with Crippen molar-refractivity contribution in [3.8, 4) is 0 Å². The van der Waals surface area contributed by atoms with Gasteiger partial charge in [-0.05, 0) is 39.5 Å². The number of aliphatic hydroxyl groups is 2. The molecule has 6 atom stereocenters. The number of hydrogen-bond acceptors (Lipinski definition) is 8. The first-order valence-corrected chi connectivity index (χ1v) is 10.5. The Balaban J connectivity index is 1.99. The van der Waals surface area contributed by atoms with E-state index in [1.165, 1.54) is 0 Å². The van der Waals surface area contributed by atoms with E-state index in [2.05, 4.69) is 10.6 Å². The summed E-state index contributed by atoms with van der Waals surface area (Å²) >= 11 is 0. The quantitative estimate of drug-likeness (QED) is 0.470. The molecule has 174 valence electrons. The van der Waals surface area contributed by atoms with Crippen LogP contribution in [0.1, 0.15) is 47.5 Å². The third-order valence-corrected chi connectivity index (χ3v) is 4.71. The van der Waals surface area contributed by atoms with E-state index in [4.69, 9.17) is 18.9 Å². The molecule has 0 spiro atoms. The van der Waals surface area contributed by atoms with E-state index >= 15 is 0 Å². The Bertz CT molecular complexity index is 578. The molecule has 2 amide bonds. The van der Waals surface area contributed by atoms with Gasteiger partial charge in [-0.3, -0.25) is 4.79 Å². The van der Waals surface area contributed by atoms with Crippen LogP contribution in [0.25, 0.3) is 0 Å². The van der Waals surface area contributed by atoms with Gasteiger partial charge in [0.25, 0.3) is 0 Å². The van der Waals surface area contributed by atoms with Crippen LogP contribution in [-0.4, -0.2) is 84.3 Å². The summed E-state index contributed by atoms with van der Waals surface area (Å²) in [4.78, 5) is 24.9. The second-order valence-electron chi connectivity index (χ2n) is 9.16. The molecule has 0 aromatic rings. The minimum atomic E-state index is -1.23. The van der Waals surface area contributed by atoms with Gasteiger partial charge in [0.05, 0.1) is 6.61 Å². The van der Waals surface area contributed by atoms with Gasteiger partial charge >= 0.3 is 6.09 Å². The fourth-order valence-corrected chi connectivity index (χ4v) is 3.37. The zero-order chi connectivity index (χ0) is 22.5. The predicted molar refractivity (Wildman–Crippen MR) is 107 cm³/mol. The van der Waals surface area contributed by atoms with Crippen LogP contribution in [0.3, 0.4) is 0 Å². The Morgan fingerprint density at radius 1 is 1.13 bits per heavy atom. The van der Waals surface area contributed by atoms with Crippen LogP contribution in [0.15, 0.2) is 0 Å². The Hall–Kier alpha value is -1.46. The average Bonchev–Trinajstić information content (AvgIpc) is 2.75. The van der Waals surface area contributed by atoms with Crippen molar-refractivity contribution in [2.24, 2.45) is 5.92 Å². The number of alkyl carbamates (subject to hydrolysis) is 1. The predicted octanol–water partition coefficient (Wildman–Crippen LogP) is 0.294. The maximum atomic E-state index is 12.8. The first-order chi connectivity index (χ1) is 14.0. The molecule has 4 N–H and O–H groups in total. The lowest BCUT2D eigenvalue weighted by Gasteiger charge is -2.41. The monoisotopic (exact) mass is 432 g/mol. The van der Waals surface area contributed by atoms with Crippen molar-refractivity contribution in [2.45, 2.75) is 89.8 Å². The van der Waals surface area contributed by atoms with Gasteiger partial charge < -0.3 is 39.8 Å². The zero-order valence-electron chi connectivity index (χ0n) is 18.4. The molecule has 0 aliphatic carbocycles. The molecule has 3 saturated heterocycles. The number of amides is 2. The van der Waals surface area contributed by atoms with Crippen molar-refractivity contribution in [1.82, 2.24) is 10.6 Å². The van der Waals surface area contributed by atoms with Crippen LogP contribution in [0, 0.1) is 5.92 Å². The van der Waals surface area contributed by atoms with Crippen LogP contribution in [-0.2, 0) is 23.7 Å². The van der Waals surface area contributed by atoms with Gasteiger partial charge in [-0.25, -0.2) is 4.79 Å². The number of carbonyl (C=O) groups excluding carboxylic acids is 2. The van der Waals surface area contributed by atoms with Crippen LogP contribution < -0.4 is 10.6 Å². The summed E-state index contributed by atoms with van der Waals surface area (Å²) in [6, 6.07) is -0.791. The normalized spacial score (nSPS) is 30.7. The number of aliphatic hydroxyl groups excluding tert-OH is 2. The van der Waals surface area contributed by atoms with E-state index in [9.17, 15) is 19.8 Å². The maximum absolute atomic E-state index is 12.8. The number of carbonyl (C=O) groups is 2. The average molecular weight is 433 g/mol. The lowest BCUT2D eigenvalue weighted by Crippen LogP contribution is -2.61. The van der Waals surface area contributed by atoms with Crippen molar-refractivity contribution >= 4 is 12.0 Å². The summed E-state index contributed by atoms with van der Waals surface area (Å²) in [6.07, 6.45) is -4.59. The van der Waals surface area contributed by atoms with E-state index in [1.54, 1.807) is 20.8 Å². The highest BCUT2D eigenvalue weighted by Crippen LogP contribution is 2.26. The second kappa shape index (κ2) is 10.7. The van der Waals surface area contributed by atoms with Crippen molar-refractivity contribution < 1.29 is 38.7 Å². The van der Waals surface area contributed by atoms with Gasteiger partial charge in [-0.1, -0.05) is 13.8 Å². The molecule has 30 heavy (non-hydrogen) atoms. The summed E-state index contributed by atoms with van der Waals surface area (Å²) in [5.74, 6) is -0.244. The molecule has 3 aliphatic rings. The number of hydrogen-bond donors (Lipinski definition) is 4. The third kappa shape index (κ3) is 7.35. The molecule has 3 fully saturated rings. The molecule has 0 aromatic carbocycles. The number of fused-ring (bicyclic) bond motifs is 6. The van der Waals surface area contributed by atoms with Gasteiger partial charge in [-0.2, -0.15) is 0 Å². The highest BCUT2D eigenvalue weighted by molar-refractivity contribution is 5.85. The fraction of sp³-hybridized carbons (Fsp3) is 0.900. The smallest absolute Gasteiger partial charge is 0.408 e. The van der Waals surface area contributed by atoms with Crippen molar-refractivity contribution in [1.29, 1.82) is 0 Å². The molecule has 0 radical (unpaired) electrons. The van der Waals surface area contributed by atoms with Gasteiger partial charge in [0.15, 0.2) is 6.29 Å². The van der Waals surface area contributed by atoms with E-state index in [-0.39, 0.29) is 12.5 Å². The summed E-state index contributed by atoms with van der Waals surface area (Å²) < 4.78 is 22.1. The summed E-state index contributed by atoms with van der Waals surface area (Å²) in [5.41, 5.74) is -0.679. The molecule has 10 nitrogen and oxygen atoms in total. The molecule has 5 unspecified atom stereocenters. The van der Waals surface area contributed by atoms with Crippen molar-refractivity contribution in [2.75, 3.05) is 19.8 Å². The van der Waals surface area contributed by atoms with Crippen LogP contribution in [0.4, 0.5) is 4.79 Å². The number of rotatable bonds is 6. The van der Waals surface area contributed by atoms with Gasteiger partial charge in [0.2, 0.25) is 5.91 Å². The molecule has 3 rings (SSSR count). The molecule has 0 aromatic heterocycles.